The minimum Gasteiger partial charge on any atom is -0.462 e. The molecule has 1 unspecified atom stereocenters. The highest BCUT2D eigenvalue weighted by molar-refractivity contribution is 5.71. The average molecular weight is 1150 g/mol. The fraction of sp³-hybridized carbons (Fsp3) is 0.675. The molecule has 0 aromatic rings. The first kappa shape index (κ1) is 78.5. The maximum Gasteiger partial charge on any atom is 0.306 e. The van der Waals surface area contributed by atoms with Crippen molar-refractivity contribution in [3.8, 4) is 0 Å². The minimum atomic E-state index is -0.797. The monoisotopic (exact) mass is 1150 g/mol. The molecule has 1 atom stereocenters. The summed E-state index contributed by atoms with van der Waals surface area (Å²) in [6, 6.07) is 0. The predicted octanol–water partition coefficient (Wildman–Crippen LogP) is 24.1. The van der Waals surface area contributed by atoms with E-state index in [0.717, 1.165) is 141 Å². The van der Waals surface area contributed by atoms with Crippen molar-refractivity contribution in [1.82, 2.24) is 0 Å². The first-order valence-corrected chi connectivity index (χ1v) is 34.7. The third-order valence-electron chi connectivity index (χ3n) is 14.6. The van der Waals surface area contributed by atoms with E-state index in [9.17, 15) is 14.4 Å². The van der Waals surface area contributed by atoms with Gasteiger partial charge in [-0.15, -0.1) is 0 Å². The summed E-state index contributed by atoms with van der Waals surface area (Å²) in [4.78, 5) is 38.5. The SMILES string of the molecule is CC/C=C\C/C=C\C/C=C\C/C=C\C/C=C\C/C=C\CCCCCCCCCCC(=O)OCC(COC(=O)CCCCCCCCCCC/C=C\CCCCCCCC)OC(=O)CCCCCCCC/C=C\C/C=C\C/C=C\C/C=C\CC. The Labute approximate surface area is 513 Å². The van der Waals surface area contributed by atoms with Gasteiger partial charge in [0.2, 0.25) is 0 Å². The normalized spacial score (nSPS) is 13.0. The second-order valence-electron chi connectivity index (χ2n) is 22.7. The van der Waals surface area contributed by atoms with E-state index in [1.54, 1.807) is 0 Å². The molecule has 0 aliphatic rings. The van der Waals surface area contributed by atoms with Gasteiger partial charge >= 0.3 is 17.9 Å². The Morgan fingerprint density at radius 2 is 0.470 bits per heavy atom. The van der Waals surface area contributed by atoms with Crippen LogP contribution in [0.4, 0.5) is 0 Å². The molecule has 0 saturated heterocycles. The van der Waals surface area contributed by atoms with Crippen LogP contribution in [0.25, 0.3) is 0 Å². The molecule has 0 aliphatic carbocycles. The van der Waals surface area contributed by atoms with Crippen molar-refractivity contribution in [3.63, 3.8) is 0 Å². The molecule has 0 radical (unpaired) electrons. The molecule has 472 valence electrons. The van der Waals surface area contributed by atoms with Crippen molar-refractivity contribution in [2.24, 2.45) is 0 Å². The van der Waals surface area contributed by atoms with Crippen LogP contribution in [0.2, 0.25) is 0 Å². The Hall–Kier alpha value is -4.45. The maximum atomic E-state index is 13.0. The van der Waals surface area contributed by atoms with Gasteiger partial charge in [0.05, 0.1) is 0 Å². The van der Waals surface area contributed by atoms with Crippen molar-refractivity contribution in [3.05, 3.63) is 134 Å². The number of rotatable bonds is 62. The van der Waals surface area contributed by atoms with Gasteiger partial charge in [-0.25, -0.2) is 0 Å². The van der Waals surface area contributed by atoms with E-state index in [0.29, 0.717) is 19.3 Å². The molecule has 0 heterocycles. The molecule has 0 fully saturated rings. The lowest BCUT2D eigenvalue weighted by Crippen LogP contribution is -2.30. The van der Waals surface area contributed by atoms with E-state index in [1.807, 2.05) is 0 Å². The van der Waals surface area contributed by atoms with Crippen LogP contribution in [0.3, 0.4) is 0 Å². The zero-order valence-electron chi connectivity index (χ0n) is 54.2. The first-order chi connectivity index (χ1) is 41.0. The topological polar surface area (TPSA) is 78.9 Å². The lowest BCUT2D eigenvalue weighted by Gasteiger charge is -2.18. The fourth-order valence-electron chi connectivity index (χ4n) is 9.49. The average Bonchev–Trinajstić information content (AvgIpc) is 3.50. The van der Waals surface area contributed by atoms with Gasteiger partial charge in [-0.1, -0.05) is 296 Å². The number of allylic oxidation sites excluding steroid dienone is 22. The third kappa shape index (κ3) is 68.2. The zero-order chi connectivity index (χ0) is 59.9. The van der Waals surface area contributed by atoms with Gasteiger partial charge in [0.15, 0.2) is 6.10 Å². The molecule has 6 nitrogen and oxygen atoms in total. The summed E-state index contributed by atoms with van der Waals surface area (Å²) >= 11 is 0. The highest BCUT2D eigenvalue weighted by Crippen LogP contribution is 2.16. The predicted molar refractivity (Wildman–Crippen MR) is 362 cm³/mol. The number of ether oxygens (including phenoxy) is 3. The minimum absolute atomic E-state index is 0.0898. The Bertz CT molecular complexity index is 1750. The Morgan fingerprint density at radius 1 is 0.253 bits per heavy atom. The van der Waals surface area contributed by atoms with Crippen LogP contribution >= 0.6 is 0 Å². The van der Waals surface area contributed by atoms with Crippen LogP contribution in [0, 0.1) is 0 Å². The number of hydrogen-bond acceptors (Lipinski definition) is 6. The largest absolute Gasteiger partial charge is 0.462 e. The Morgan fingerprint density at radius 3 is 0.747 bits per heavy atom. The summed E-state index contributed by atoms with van der Waals surface area (Å²) in [5.41, 5.74) is 0. The second-order valence-corrected chi connectivity index (χ2v) is 22.7. The summed E-state index contributed by atoms with van der Waals surface area (Å²) in [6.45, 7) is 6.42. The van der Waals surface area contributed by atoms with Crippen molar-refractivity contribution < 1.29 is 28.6 Å². The lowest BCUT2D eigenvalue weighted by atomic mass is 10.1. The van der Waals surface area contributed by atoms with E-state index < -0.39 is 6.10 Å². The van der Waals surface area contributed by atoms with Crippen molar-refractivity contribution in [2.45, 2.75) is 322 Å². The van der Waals surface area contributed by atoms with E-state index in [-0.39, 0.29) is 31.1 Å². The second kappa shape index (κ2) is 70.0. The van der Waals surface area contributed by atoms with E-state index in [1.165, 1.54) is 135 Å². The highest BCUT2D eigenvalue weighted by atomic mass is 16.6. The molecular formula is C77H128O6. The summed E-state index contributed by atoms with van der Waals surface area (Å²) in [5, 5.41) is 0. The number of unbranched alkanes of at least 4 members (excludes halogenated alkanes) is 29. The van der Waals surface area contributed by atoms with Crippen LogP contribution in [0.15, 0.2) is 134 Å². The van der Waals surface area contributed by atoms with Gasteiger partial charge in [-0.05, 0) is 135 Å². The number of hydrogen-bond donors (Lipinski definition) is 0. The van der Waals surface area contributed by atoms with Gasteiger partial charge < -0.3 is 14.2 Å². The van der Waals surface area contributed by atoms with E-state index in [2.05, 4.69) is 154 Å². The van der Waals surface area contributed by atoms with Crippen molar-refractivity contribution >= 4 is 17.9 Å². The van der Waals surface area contributed by atoms with Gasteiger partial charge in [-0.2, -0.15) is 0 Å². The first-order valence-electron chi connectivity index (χ1n) is 34.7. The Kier molecular flexibility index (Phi) is 66.3. The summed E-state index contributed by atoms with van der Waals surface area (Å²) in [6.07, 6.45) is 98.9. The van der Waals surface area contributed by atoms with Crippen molar-refractivity contribution in [2.75, 3.05) is 13.2 Å². The van der Waals surface area contributed by atoms with Gasteiger partial charge in [0.25, 0.3) is 0 Å². The van der Waals surface area contributed by atoms with Crippen LogP contribution in [0.1, 0.15) is 316 Å². The molecule has 0 spiro atoms. The van der Waals surface area contributed by atoms with Crippen LogP contribution in [0.5, 0.6) is 0 Å². The molecule has 6 heteroatoms. The van der Waals surface area contributed by atoms with Crippen LogP contribution < -0.4 is 0 Å². The summed E-state index contributed by atoms with van der Waals surface area (Å²) < 4.78 is 17.0. The molecule has 0 N–H and O–H groups in total. The molecule has 0 aromatic carbocycles. The maximum absolute atomic E-state index is 13.0. The zero-order valence-corrected chi connectivity index (χ0v) is 54.2. The van der Waals surface area contributed by atoms with Crippen molar-refractivity contribution in [1.29, 1.82) is 0 Å². The number of carbonyl (C=O) groups excluding carboxylic acids is 3. The molecule has 0 aliphatic heterocycles. The summed E-state index contributed by atoms with van der Waals surface area (Å²) in [5.74, 6) is -0.906. The Balaban J connectivity index is 4.42. The molecule has 0 amide bonds. The quantitative estimate of drug-likeness (QED) is 0.0261. The smallest absolute Gasteiger partial charge is 0.306 e. The van der Waals surface area contributed by atoms with Gasteiger partial charge in [0.1, 0.15) is 13.2 Å². The van der Waals surface area contributed by atoms with Gasteiger partial charge in [-0.3, -0.25) is 14.4 Å². The fourth-order valence-corrected chi connectivity index (χ4v) is 9.49. The standard InChI is InChI=1S/C77H128O6/c1-4-7-10-13-16-19-22-25-28-31-34-35-36-37-38-39-40-41-44-46-49-52-55-58-61-64-67-70-76(79)82-73-74(83-77(80)71-68-65-62-59-56-53-50-47-43-33-30-27-24-21-18-15-12-9-6-3)72-81-75(78)69-66-63-60-57-54-51-48-45-42-32-29-26-23-20-17-14-11-8-5-2/h7,9-10,12,16,18-19,21,25-30,34-35,37-38,40-41,43,47,74H,4-6,8,11,13-15,17,20,22-24,31-33,36,39,42,44-46,48-73H2,1-3H3/b10-7-,12-9-,19-16-,21-18-,28-25-,29-26-,30-27-,35-34-,38-37-,41-40-,47-43-. The summed E-state index contributed by atoms with van der Waals surface area (Å²) in [7, 11) is 0. The molecule has 0 rings (SSSR count). The van der Waals surface area contributed by atoms with E-state index in [4.69, 9.17) is 14.2 Å². The molecule has 0 saturated carbocycles. The van der Waals surface area contributed by atoms with Gasteiger partial charge in [0, 0.05) is 19.3 Å². The third-order valence-corrected chi connectivity index (χ3v) is 14.6. The number of esters is 3. The van der Waals surface area contributed by atoms with Crippen LogP contribution in [-0.2, 0) is 28.6 Å². The molecular weight excluding hydrogens is 1020 g/mol. The lowest BCUT2D eigenvalue weighted by molar-refractivity contribution is -0.167. The van der Waals surface area contributed by atoms with E-state index >= 15 is 0 Å². The molecule has 83 heavy (non-hydrogen) atoms. The van der Waals surface area contributed by atoms with Crippen LogP contribution in [-0.4, -0.2) is 37.2 Å². The highest BCUT2D eigenvalue weighted by Gasteiger charge is 2.19. The number of carbonyl (C=O) groups is 3. The molecule has 0 bridgehead atoms. The molecule has 0 aromatic heterocycles.